The third-order valence-corrected chi connectivity index (χ3v) is 2.10. The molecule has 2 N–H and O–H groups in total. The average molecular weight is 220 g/mol. The van der Waals surface area contributed by atoms with Crippen molar-refractivity contribution in [3.63, 3.8) is 0 Å². The minimum atomic E-state index is -1.18. The van der Waals surface area contributed by atoms with Crippen molar-refractivity contribution in [3.05, 3.63) is 0 Å². The highest BCUT2D eigenvalue weighted by molar-refractivity contribution is 5.69. The molecule has 1 saturated heterocycles. The number of aliphatic hydroxyl groups excluding tert-OH is 2. The molecular weight excluding hydrogens is 204 g/mol. The number of aliphatic hydroxyl groups is 2. The van der Waals surface area contributed by atoms with Crippen LogP contribution in [0.4, 0.5) is 0 Å². The molecule has 0 bridgehead atoms. The van der Waals surface area contributed by atoms with E-state index in [1.165, 1.54) is 7.11 Å². The molecule has 1 aliphatic heterocycles. The number of ether oxygens (including phenoxy) is 3. The van der Waals surface area contributed by atoms with E-state index in [-0.39, 0.29) is 19.1 Å². The van der Waals surface area contributed by atoms with E-state index in [9.17, 15) is 9.90 Å². The minimum Gasteiger partial charge on any atom is -0.469 e. The summed E-state index contributed by atoms with van der Waals surface area (Å²) in [7, 11) is 1.24. The van der Waals surface area contributed by atoms with Gasteiger partial charge < -0.3 is 24.4 Å². The summed E-state index contributed by atoms with van der Waals surface area (Å²) in [4.78, 5) is 10.7. The zero-order valence-electron chi connectivity index (χ0n) is 8.59. The fourth-order valence-electron chi connectivity index (χ4n) is 1.31. The van der Waals surface area contributed by atoms with E-state index in [2.05, 4.69) is 4.74 Å². The summed E-state index contributed by atoms with van der Waals surface area (Å²) >= 11 is 0. The van der Waals surface area contributed by atoms with E-state index in [0.29, 0.717) is 13.0 Å². The molecule has 0 aromatic heterocycles. The van der Waals surface area contributed by atoms with Gasteiger partial charge in [-0.05, 0) is 0 Å². The van der Waals surface area contributed by atoms with Gasteiger partial charge in [0.1, 0.15) is 0 Å². The normalized spacial score (nSPS) is 27.7. The Morgan fingerprint density at radius 3 is 2.93 bits per heavy atom. The molecule has 0 aromatic rings. The number of esters is 1. The van der Waals surface area contributed by atoms with Gasteiger partial charge >= 0.3 is 5.97 Å². The monoisotopic (exact) mass is 220 g/mol. The molecule has 1 rings (SSSR count). The van der Waals surface area contributed by atoms with E-state index < -0.39 is 18.4 Å². The third-order valence-electron chi connectivity index (χ3n) is 2.10. The Morgan fingerprint density at radius 2 is 2.40 bits per heavy atom. The fourth-order valence-corrected chi connectivity index (χ4v) is 1.31. The zero-order valence-corrected chi connectivity index (χ0v) is 8.59. The van der Waals surface area contributed by atoms with Gasteiger partial charge in [0.2, 0.25) is 0 Å². The van der Waals surface area contributed by atoms with Crippen LogP contribution in [0.5, 0.6) is 0 Å². The molecule has 1 fully saturated rings. The molecule has 1 aliphatic rings. The van der Waals surface area contributed by atoms with Crippen LogP contribution >= 0.6 is 0 Å². The fraction of sp³-hybridized carbons (Fsp3) is 0.889. The molecule has 0 aliphatic carbocycles. The van der Waals surface area contributed by atoms with Crippen molar-refractivity contribution in [2.75, 3.05) is 20.3 Å². The predicted molar refractivity (Wildman–Crippen MR) is 49.0 cm³/mol. The summed E-state index contributed by atoms with van der Waals surface area (Å²) in [5, 5.41) is 18.4. The number of hydrogen-bond acceptors (Lipinski definition) is 6. The molecule has 6 heteroatoms. The highest BCUT2D eigenvalue weighted by atomic mass is 16.6. The second kappa shape index (κ2) is 6.02. The first-order valence-corrected chi connectivity index (χ1v) is 4.78. The van der Waals surface area contributed by atoms with Gasteiger partial charge in [0.25, 0.3) is 0 Å². The maximum Gasteiger partial charge on any atom is 0.310 e. The van der Waals surface area contributed by atoms with Crippen LogP contribution in [-0.4, -0.2) is 55.0 Å². The Hall–Kier alpha value is -0.690. The van der Waals surface area contributed by atoms with Gasteiger partial charge in [-0.25, -0.2) is 0 Å². The second-order valence-electron chi connectivity index (χ2n) is 3.41. The van der Waals surface area contributed by atoms with Crippen LogP contribution in [0, 0.1) is 0 Å². The van der Waals surface area contributed by atoms with Crippen LogP contribution < -0.4 is 0 Å². The molecule has 88 valence electrons. The smallest absolute Gasteiger partial charge is 0.310 e. The topological polar surface area (TPSA) is 85.2 Å². The summed E-state index contributed by atoms with van der Waals surface area (Å²) in [5.41, 5.74) is 0. The van der Waals surface area contributed by atoms with Crippen LogP contribution in [-0.2, 0) is 19.0 Å². The Morgan fingerprint density at radius 1 is 1.67 bits per heavy atom. The third kappa shape index (κ3) is 4.57. The van der Waals surface area contributed by atoms with Crippen molar-refractivity contribution < 1.29 is 29.2 Å². The summed E-state index contributed by atoms with van der Waals surface area (Å²) < 4.78 is 14.5. The molecule has 0 radical (unpaired) electrons. The standard InChI is InChI=1S/C9H16O6/c1-13-8(11)3-9(12)15-5-7-2-6(10)4-14-7/h6-7,9-10,12H,2-5H2,1H3/t6-,7?,9+/m0/s1. The molecule has 1 heterocycles. The number of methoxy groups -OCH3 is 1. The maximum absolute atomic E-state index is 10.7. The number of hydrogen-bond donors (Lipinski definition) is 2. The van der Waals surface area contributed by atoms with Crippen molar-refractivity contribution in [1.82, 2.24) is 0 Å². The predicted octanol–water partition coefficient (Wildman–Crippen LogP) is -0.966. The molecule has 1 unspecified atom stereocenters. The SMILES string of the molecule is COC(=O)C[C@H](O)OCC1C[C@H](O)CO1. The first kappa shape index (κ1) is 12.4. The lowest BCUT2D eigenvalue weighted by Crippen LogP contribution is -2.24. The van der Waals surface area contributed by atoms with Crippen molar-refractivity contribution in [3.8, 4) is 0 Å². The van der Waals surface area contributed by atoms with E-state index in [1.807, 2.05) is 0 Å². The average Bonchev–Trinajstić information content (AvgIpc) is 2.61. The number of carbonyl (C=O) groups is 1. The minimum absolute atomic E-state index is 0.162. The lowest BCUT2D eigenvalue weighted by atomic mass is 10.2. The second-order valence-corrected chi connectivity index (χ2v) is 3.41. The largest absolute Gasteiger partial charge is 0.469 e. The Balaban J connectivity index is 2.11. The highest BCUT2D eigenvalue weighted by Gasteiger charge is 2.24. The quantitative estimate of drug-likeness (QED) is 0.458. The van der Waals surface area contributed by atoms with Gasteiger partial charge in [-0.15, -0.1) is 0 Å². The number of carbonyl (C=O) groups excluding carboxylic acids is 1. The molecule has 0 aromatic carbocycles. The molecule has 6 nitrogen and oxygen atoms in total. The molecule has 3 atom stereocenters. The van der Waals surface area contributed by atoms with Gasteiger partial charge in [-0.3, -0.25) is 4.79 Å². The van der Waals surface area contributed by atoms with E-state index >= 15 is 0 Å². The van der Waals surface area contributed by atoms with Crippen LogP contribution in [0.25, 0.3) is 0 Å². The molecule has 15 heavy (non-hydrogen) atoms. The maximum atomic E-state index is 10.7. The summed E-state index contributed by atoms with van der Waals surface area (Å²) in [6, 6.07) is 0. The first-order chi connectivity index (χ1) is 7.11. The Bertz CT molecular complexity index is 207. The lowest BCUT2D eigenvalue weighted by Gasteiger charge is -2.14. The van der Waals surface area contributed by atoms with Crippen LogP contribution in [0.1, 0.15) is 12.8 Å². The van der Waals surface area contributed by atoms with Crippen LogP contribution in [0.15, 0.2) is 0 Å². The van der Waals surface area contributed by atoms with Gasteiger partial charge in [0.15, 0.2) is 6.29 Å². The highest BCUT2D eigenvalue weighted by Crippen LogP contribution is 2.13. The molecule has 0 amide bonds. The van der Waals surface area contributed by atoms with Gasteiger partial charge in [0.05, 0.1) is 39.0 Å². The van der Waals surface area contributed by atoms with Gasteiger partial charge in [-0.1, -0.05) is 0 Å². The van der Waals surface area contributed by atoms with Crippen LogP contribution in [0.3, 0.4) is 0 Å². The molecule has 0 spiro atoms. The Kier molecular flexibility index (Phi) is 4.97. The van der Waals surface area contributed by atoms with E-state index in [1.54, 1.807) is 0 Å². The molecular formula is C9H16O6. The van der Waals surface area contributed by atoms with E-state index in [4.69, 9.17) is 14.6 Å². The summed E-state index contributed by atoms with van der Waals surface area (Å²) in [6.07, 6.45) is -1.57. The zero-order chi connectivity index (χ0) is 11.3. The van der Waals surface area contributed by atoms with Gasteiger partial charge in [0, 0.05) is 6.42 Å². The van der Waals surface area contributed by atoms with Crippen molar-refractivity contribution in [1.29, 1.82) is 0 Å². The molecule has 0 saturated carbocycles. The van der Waals surface area contributed by atoms with Crippen LogP contribution in [0.2, 0.25) is 0 Å². The van der Waals surface area contributed by atoms with Crippen molar-refractivity contribution in [2.24, 2.45) is 0 Å². The number of rotatable bonds is 5. The van der Waals surface area contributed by atoms with Crippen molar-refractivity contribution in [2.45, 2.75) is 31.3 Å². The van der Waals surface area contributed by atoms with E-state index in [0.717, 1.165) is 0 Å². The summed E-state index contributed by atoms with van der Waals surface area (Å²) in [6.45, 7) is 0.455. The summed E-state index contributed by atoms with van der Waals surface area (Å²) in [5.74, 6) is -0.533. The Labute approximate surface area is 87.7 Å². The first-order valence-electron chi connectivity index (χ1n) is 4.78. The van der Waals surface area contributed by atoms with Crippen molar-refractivity contribution >= 4 is 5.97 Å². The lowest BCUT2D eigenvalue weighted by molar-refractivity contribution is -0.160. The van der Waals surface area contributed by atoms with Gasteiger partial charge in [-0.2, -0.15) is 0 Å².